The van der Waals surface area contributed by atoms with E-state index in [1.54, 1.807) is 0 Å². The van der Waals surface area contributed by atoms with E-state index in [1.165, 1.54) is 22.3 Å². The van der Waals surface area contributed by atoms with Crippen molar-refractivity contribution in [2.45, 2.75) is 6.42 Å². The molecule has 0 saturated carbocycles. The monoisotopic (exact) mass is 208 g/mol. The van der Waals surface area contributed by atoms with Crippen LogP contribution in [-0.2, 0) is 6.42 Å². The van der Waals surface area contributed by atoms with Gasteiger partial charge in [-0.05, 0) is 40.8 Å². The SMILES string of the molecule is C1=NCCc2c1cccc2-c1ccncc1. The first-order valence-electron chi connectivity index (χ1n) is 5.47. The smallest absolute Gasteiger partial charge is 0.0430 e. The molecule has 1 aromatic carbocycles. The highest BCUT2D eigenvalue weighted by atomic mass is 14.7. The van der Waals surface area contributed by atoms with Crippen molar-refractivity contribution in [2.75, 3.05) is 6.54 Å². The van der Waals surface area contributed by atoms with E-state index >= 15 is 0 Å². The van der Waals surface area contributed by atoms with Gasteiger partial charge in [0, 0.05) is 25.2 Å². The van der Waals surface area contributed by atoms with E-state index < -0.39 is 0 Å². The molecule has 0 unspecified atom stereocenters. The fourth-order valence-corrected chi connectivity index (χ4v) is 2.15. The first kappa shape index (κ1) is 9.28. The van der Waals surface area contributed by atoms with Gasteiger partial charge in [-0.25, -0.2) is 0 Å². The van der Waals surface area contributed by atoms with Crippen LogP contribution in [-0.4, -0.2) is 17.7 Å². The van der Waals surface area contributed by atoms with E-state index in [2.05, 4.69) is 40.3 Å². The normalized spacial score (nSPS) is 13.5. The fourth-order valence-electron chi connectivity index (χ4n) is 2.15. The summed E-state index contributed by atoms with van der Waals surface area (Å²) in [4.78, 5) is 8.37. The molecule has 1 aliphatic rings. The van der Waals surface area contributed by atoms with Gasteiger partial charge in [0.05, 0.1) is 0 Å². The largest absolute Gasteiger partial charge is 0.292 e. The minimum absolute atomic E-state index is 0.898. The van der Waals surface area contributed by atoms with Crippen LogP contribution in [0.25, 0.3) is 11.1 Å². The van der Waals surface area contributed by atoms with Gasteiger partial charge in [-0.2, -0.15) is 0 Å². The Morgan fingerprint density at radius 3 is 2.75 bits per heavy atom. The Bertz CT molecular complexity index is 530. The molecule has 0 fully saturated rings. The highest BCUT2D eigenvalue weighted by Crippen LogP contribution is 2.27. The number of pyridine rings is 1. The van der Waals surface area contributed by atoms with Gasteiger partial charge in [-0.1, -0.05) is 18.2 Å². The van der Waals surface area contributed by atoms with Crippen LogP contribution in [0.1, 0.15) is 11.1 Å². The molecule has 2 aromatic rings. The molecular formula is C14H12N2. The summed E-state index contributed by atoms with van der Waals surface area (Å²) in [5, 5.41) is 0. The molecule has 2 heterocycles. The van der Waals surface area contributed by atoms with Gasteiger partial charge < -0.3 is 0 Å². The van der Waals surface area contributed by atoms with Crippen molar-refractivity contribution in [1.82, 2.24) is 4.98 Å². The Balaban J connectivity index is 2.19. The molecule has 78 valence electrons. The maximum absolute atomic E-state index is 4.32. The molecule has 0 aliphatic carbocycles. The average Bonchev–Trinajstić information content (AvgIpc) is 2.39. The lowest BCUT2D eigenvalue weighted by molar-refractivity contribution is 0.954. The highest BCUT2D eigenvalue weighted by molar-refractivity contribution is 5.87. The van der Waals surface area contributed by atoms with Crippen LogP contribution in [0.2, 0.25) is 0 Å². The summed E-state index contributed by atoms with van der Waals surface area (Å²) in [6.45, 7) is 0.898. The third-order valence-corrected chi connectivity index (χ3v) is 2.92. The number of nitrogens with zero attached hydrogens (tertiary/aromatic N) is 2. The molecule has 0 radical (unpaired) electrons. The van der Waals surface area contributed by atoms with Crippen molar-refractivity contribution in [2.24, 2.45) is 4.99 Å². The zero-order valence-electron chi connectivity index (χ0n) is 8.93. The van der Waals surface area contributed by atoms with Crippen LogP contribution in [0.4, 0.5) is 0 Å². The molecule has 2 heteroatoms. The molecule has 1 aromatic heterocycles. The second kappa shape index (κ2) is 3.89. The summed E-state index contributed by atoms with van der Waals surface area (Å²) in [6, 6.07) is 10.5. The zero-order valence-corrected chi connectivity index (χ0v) is 8.93. The topological polar surface area (TPSA) is 25.2 Å². The molecule has 0 bridgehead atoms. The molecule has 1 aliphatic heterocycles. The van der Waals surface area contributed by atoms with Crippen molar-refractivity contribution in [3.63, 3.8) is 0 Å². The van der Waals surface area contributed by atoms with E-state index in [4.69, 9.17) is 0 Å². The van der Waals surface area contributed by atoms with E-state index in [9.17, 15) is 0 Å². The van der Waals surface area contributed by atoms with Crippen LogP contribution in [0.3, 0.4) is 0 Å². The van der Waals surface area contributed by atoms with Crippen LogP contribution in [0.15, 0.2) is 47.7 Å². The minimum Gasteiger partial charge on any atom is -0.292 e. The summed E-state index contributed by atoms with van der Waals surface area (Å²) < 4.78 is 0. The van der Waals surface area contributed by atoms with Crippen LogP contribution in [0.5, 0.6) is 0 Å². The quantitative estimate of drug-likeness (QED) is 0.707. The standard InChI is InChI=1S/C14H12N2/c1-2-12-10-16-9-6-14(12)13(3-1)11-4-7-15-8-5-11/h1-5,7-8,10H,6,9H2. The Morgan fingerprint density at radius 1 is 1.00 bits per heavy atom. The summed E-state index contributed by atoms with van der Waals surface area (Å²) >= 11 is 0. The summed E-state index contributed by atoms with van der Waals surface area (Å²) in [5.74, 6) is 0. The molecule has 3 rings (SSSR count). The lowest BCUT2D eigenvalue weighted by atomic mass is 9.93. The molecule has 0 amide bonds. The van der Waals surface area contributed by atoms with Crippen molar-refractivity contribution in [1.29, 1.82) is 0 Å². The van der Waals surface area contributed by atoms with Gasteiger partial charge in [-0.3, -0.25) is 9.98 Å². The van der Waals surface area contributed by atoms with Crippen molar-refractivity contribution < 1.29 is 0 Å². The summed E-state index contributed by atoms with van der Waals surface area (Å²) in [5.41, 5.74) is 5.21. The minimum atomic E-state index is 0.898. The van der Waals surface area contributed by atoms with Gasteiger partial charge in [0.25, 0.3) is 0 Å². The van der Waals surface area contributed by atoms with Crippen LogP contribution >= 0.6 is 0 Å². The van der Waals surface area contributed by atoms with Crippen molar-refractivity contribution in [3.05, 3.63) is 53.9 Å². The number of rotatable bonds is 1. The number of hydrogen-bond donors (Lipinski definition) is 0. The Labute approximate surface area is 94.7 Å². The van der Waals surface area contributed by atoms with Gasteiger partial charge in [0.1, 0.15) is 0 Å². The van der Waals surface area contributed by atoms with Gasteiger partial charge in [-0.15, -0.1) is 0 Å². The van der Waals surface area contributed by atoms with E-state index in [-0.39, 0.29) is 0 Å². The van der Waals surface area contributed by atoms with E-state index in [0.29, 0.717) is 0 Å². The third kappa shape index (κ3) is 1.52. The predicted molar refractivity (Wildman–Crippen MR) is 65.8 cm³/mol. The lowest BCUT2D eigenvalue weighted by Gasteiger charge is -2.14. The summed E-state index contributed by atoms with van der Waals surface area (Å²) in [6.07, 6.45) is 6.69. The molecule has 0 saturated heterocycles. The maximum atomic E-state index is 4.32. The molecule has 0 N–H and O–H groups in total. The second-order valence-electron chi connectivity index (χ2n) is 3.89. The molecule has 2 nitrogen and oxygen atoms in total. The van der Waals surface area contributed by atoms with Gasteiger partial charge >= 0.3 is 0 Å². The lowest BCUT2D eigenvalue weighted by Crippen LogP contribution is -2.04. The predicted octanol–water partition coefficient (Wildman–Crippen LogP) is 2.72. The summed E-state index contributed by atoms with van der Waals surface area (Å²) in [7, 11) is 0. The van der Waals surface area contributed by atoms with Gasteiger partial charge in [0.15, 0.2) is 0 Å². The molecule has 0 atom stereocenters. The number of aromatic nitrogens is 1. The van der Waals surface area contributed by atoms with Crippen LogP contribution in [0, 0.1) is 0 Å². The van der Waals surface area contributed by atoms with Crippen molar-refractivity contribution >= 4 is 6.21 Å². The van der Waals surface area contributed by atoms with E-state index in [1.807, 2.05) is 18.6 Å². The fraction of sp³-hybridized carbons (Fsp3) is 0.143. The van der Waals surface area contributed by atoms with E-state index in [0.717, 1.165) is 13.0 Å². The van der Waals surface area contributed by atoms with Crippen LogP contribution < -0.4 is 0 Å². The Hall–Kier alpha value is -1.96. The maximum Gasteiger partial charge on any atom is 0.0430 e. The van der Waals surface area contributed by atoms with Gasteiger partial charge in [0.2, 0.25) is 0 Å². The highest BCUT2D eigenvalue weighted by Gasteiger charge is 2.10. The zero-order chi connectivity index (χ0) is 10.8. The molecule has 0 spiro atoms. The number of benzene rings is 1. The van der Waals surface area contributed by atoms with Crippen molar-refractivity contribution in [3.8, 4) is 11.1 Å². The third-order valence-electron chi connectivity index (χ3n) is 2.92. The molecule has 16 heavy (non-hydrogen) atoms. The Morgan fingerprint density at radius 2 is 1.88 bits per heavy atom. The second-order valence-corrected chi connectivity index (χ2v) is 3.89. The number of hydrogen-bond acceptors (Lipinski definition) is 2. The number of fused-ring (bicyclic) bond motifs is 1. The Kier molecular flexibility index (Phi) is 2.26. The average molecular weight is 208 g/mol. The molecular weight excluding hydrogens is 196 g/mol. The first-order chi connectivity index (χ1) is 7.95. The first-order valence-corrected chi connectivity index (χ1v) is 5.47. The number of aliphatic imine (C=N–C) groups is 1.